The molecule has 0 radical (unpaired) electrons. The summed E-state index contributed by atoms with van der Waals surface area (Å²) in [6.45, 7) is 7.83. The highest BCUT2D eigenvalue weighted by Gasteiger charge is 2.20. The predicted octanol–water partition coefficient (Wildman–Crippen LogP) is 1.80. The van der Waals surface area contributed by atoms with Crippen molar-refractivity contribution in [1.29, 1.82) is 0 Å². The van der Waals surface area contributed by atoms with Gasteiger partial charge in [0, 0.05) is 26.4 Å². The Morgan fingerprint density at radius 1 is 1.29 bits per heavy atom. The lowest BCUT2D eigenvalue weighted by molar-refractivity contribution is 0.00916. The van der Waals surface area contributed by atoms with Crippen LogP contribution in [0.2, 0.25) is 0 Å². The molecule has 3 heteroatoms. The fraction of sp³-hybridized carbons (Fsp3) is 1.00. The molecule has 0 heterocycles. The Hall–Kier alpha value is -0.120. The Morgan fingerprint density at radius 2 is 1.93 bits per heavy atom. The highest BCUT2D eigenvalue weighted by Crippen LogP contribution is 2.13. The van der Waals surface area contributed by atoms with E-state index in [9.17, 15) is 0 Å². The van der Waals surface area contributed by atoms with Gasteiger partial charge in [0.1, 0.15) is 0 Å². The van der Waals surface area contributed by atoms with Crippen molar-refractivity contribution >= 4 is 0 Å². The third kappa shape index (κ3) is 5.58. The first-order valence-corrected chi connectivity index (χ1v) is 5.49. The molecular formula is C11H25NO2. The lowest BCUT2D eigenvalue weighted by atomic mass is 9.96. The van der Waals surface area contributed by atoms with Gasteiger partial charge in [-0.1, -0.05) is 13.8 Å². The van der Waals surface area contributed by atoms with Gasteiger partial charge in [0.2, 0.25) is 0 Å². The lowest BCUT2D eigenvalue weighted by Gasteiger charge is -2.27. The number of rotatable bonds is 8. The van der Waals surface area contributed by atoms with Gasteiger partial charge in [0.25, 0.3) is 0 Å². The Bertz CT molecular complexity index is 128. The molecule has 2 unspecified atom stereocenters. The first-order chi connectivity index (χ1) is 6.63. The van der Waals surface area contributed by atoms with Crippen LogP contribution in [0.4, 0.5) is 0 Å². The topological polar surface area (TPSA) is 44.5 Å². The summed E-state index contributed by atoms with van der Waals surface area (Å²) >= 11 is 0. The third-order valence-corrected chi connectivity index (χ3v) is 2.32. The van der Waals surface area contributed by atoms with Crippen LogP contribution < -0.4 is 5.73 Å². The van der Waals surface area contributed by atoms with Gasteiger partial charge in [-0.05, 0) is 25.7 Å². The van der Waals surface area contributed by atoms with E-state index in [0.29, 0.717) is 5.92 Å². The van der Waals surface area contributed by atoms with Crippen LogP contribution in [0, 0.1) is 5.92 Å². The molecule has 0 saturated carbocycles. The number of hydrogen-bond donors (Lipinski definition) is 1. The maximum Gasteiger partial charge on any atom is 0.0748 e. The zero-order chi connectivity index (χ0) is 11.0. The number of ether oxygens (including phenoxy) is 2. The van der Waals surface area contributed by atoms with Gasteiger partial charge >= 0.3 is 0 Å². The second-order valence-corrected chi connectivity index (χ2v) is 3.96. The van der Waals surface area contributed by atoms with Crippen molar-refractivity contribution in [2.75, 3.05) is 20.3 Å². The van der Waals surface area contributed by atoms with Gasteiger partial charge in [-0.3, -0.25) is 0 Å². The van der Waals surface area contributed by atoms with Crippen molar-refractivity contribution in [2.45, 2.75) is 45.8 Å². The van der Waals surface area contributed by atoms with Crippen LogP contribution in [0.15, 0.2) is 0 Å². The molecular weight excluding hydrogens is 178 g/mol. The molecule has 2 N–H and O–H groups in total. The first-order valence-electron chi connectivity index (χ1n) is 5.49. The Morgan fingerprint density at radius 3 is 2.36 bits per heavy atom. The summed E-state index contributed by atoms with van der Waals surface area (Å²) in [5, 5.41) is 0. The molecule has 2 atom stereocenters. The largest absolute Gasteiger partial charge is 0.385 e. The summed E-state index contributed by atoms with van der Waals surface area (Å²) in [4.78, 5) is 0. The molecule has 0 spiro atoms. The summed E-state index contributed by atoms with van der Waals surface area (Å²) in [5.41, 5.74) is 6.07. The van der Waals surface area contributed by atoms with Gasteiger partial charge in [-0.2, -0.15) is 0 Å². The van der Waals surface area contributed by atoms with Crippen LogP contribution in [-0.2, 0) is 9.47 Å². The maximum absolute atomic E-state index is 6.07. The van der Waals surface area contributed by atoms with E-state index >= 15 is 0 Å². The van der Waals surface area contributed by atoms with E-state index in [1.54, 1.807) is 7.11 Å². The van der Waals surface area contributed by atoms with Crippen LogP contribution in [-0.4, -0.2) is 32.5 Å². The fourth-order valence-electron chi connectivity index (χ4n) is 1.63. The molecule has 0 bridgehead atoms. The SMILES string of the molecule is CCOC(C(C)C)C(N)CCCOC. The van der Waals surface area contributed by atoms with Crippen molar-refractivity contribution in [3.63, 3.8) is 0 Å². The number of hydrogen-bond acceptors (Lipinski definition) is 3. The van der Waals surface area contributed by atoms with Crippen LogP contribution >= 0.6 is 0 Å². The zero-order valence-corrected chi connectivity index (χ0v) is 9.95. The lowest BCUT2D eigenvalue weighted by Crippen LogP contribution is -2.40. The Balaban J connectivity index is 3.82. The van der Waals surface area contributed by atoms with Crippen molar-refractivity contribution in [3.05, 3.63) is 0 Å². The molecule has 0 aliphatic carbocycles. The van der Waals surface area contributed by atoms with E-state index in [0.717, 1.165) is 26.1 Å². The number of methoxy groups -OCH3 is 1. The molecule has 0 saturated heterocycles. The average Bonchev–Trinajstić information content (AvgIpc) is 2.13. The zero-order valence-electron chi connectivity index (χ0n) is 9.95. The minimum atomic E-state index is 0.130. The second-order valence-electron chi connectivity index (χ2n) is 3.96. The minimum Gasteiger partial charge on any atom is -0.385 e. The molecule has 0 fully saturated rings. The Labute approximate surface area is 88.0 Å². The van der Waals surface area contributed by atoms with Gasteiger partial charge < -0.3 is 15.2 Å². The normalized spacial score (nSPS) is 15.9. The summed E-state index contributed by atoms with van der Waals surface area (Å²) in [5.74, 6) is 0.479. The van der Waals surface area contributed by atoms with Gasteiger partial charge in [0.15, 0.2) is 0 Å². The molecule has 86 valence electrons. The van der Waals surface area contributed by atoms with Crippen LogP contribution in [0.1, 0.15) is 33.6 Å². The first kappa shape index (κ1) is 13.9. The molecule has 0 aromatic carbocycles. The van der Waals surface area contributed by atoms with Gasteiger partial charge in [-0.25, -0.2) is 0 Å². The van der Waals surface area contributed by atoms with E-state index in [-0.39, 0.29) is 12.1 Å². The highest BCUT2D eigenvalue weighted by molar-refractivity contribution is 4.76. The molecule has 14 heavy (non-hydrogen) atoms. The predicted molar refractivity (Wildman–Crippen MR) is 59.3 cm³/mol. The molecule has 0 amide bonds. The standard InChI is InChI=1S/C11H25NO2/c1-5-14-11(9(2)3)10(12)7-6-8-13-4/h9-11H,5-8,12H2,1-4H3. The molecule has 0 aromatic rings. The summed E-state index contributed by atoms with van der Waals surface area (Å²) in [6, 6.07) is 0.130. The maximum atomic E-state index is 6.07. The van der Waals surface area contributed by atoms with E-state index in [1.807, 2.05) is 6.92 Å². The Kier molecular flexibility index (Phi) is 8.14. The van der Waals surface area contributed by atoms with Gasteiger partial charge in [-0.15, -0.1) is 0 Å². The van der Waals surface area contributed by atoms with Crippen molar-refractivity contribution < 1.29 is 9.47 Å². The average molecular weight is 203 g/mol. The van der Waals surface area contributed by atoms with Crippen molar-refractivity contribution in [1.82, 2.24) is 0 Å². The molecule has 0 aliphatic rings. The summed E-state index contributed by atoms with van der Waals surface area (Å²) in [6.07, 6.45) is 2.15. The number of nitrogens with two attached hydrogens (primary N) is 1. The fourth-order valence-corrected chi connectivity index (χ4v) is 1.63. The van der Waals surface area contributed by atoms with E-state index < -0.39 is 0 Å². The smallest absolute Gasteiger partial charge is 0.0748 e. The van der Waals surface area contributed by atoms with Crippen molar-refractivity contribution in [3.8, 4) is 0 Å². The summed E-state index contributed by atoms with van der Waals surface area (Å²) < 4.78 is 10.6. The van der Waals surface area contributed by atoms with E-state index in [1.165, 1.54) is 0 Å². The third-order valence-electron chi connectivity index (χ3n) is 2.32. The monoisotopic (exact) mass is 203 g/mol. The van der Waals surface area contributed by atoms with Crippen LogP contribution in [0.25, 0.3) is 0 Å². The van der Waals surface area contributed by atoms with E-state index in [4.69, 9.17) is 15.2 Å². The second kappa shape index (κ2) is 8.21. The highest BCUT2D eigenvalue weighted by atomic mass is 16.5. The van der Waals surface area contributed by atoms with Crippen LogP contribution in [0.3, 0.4) is 0 Å². The molecule has 0 rings (SSSR count). The van der Waals surface area contributed by atoms with E-state index in [2.05, 4.69) is 13.8 Å². The molecule has 0 aromatic heterocycles. The molecule has 3 nitrogen and oxygen atoms in total. The quantitative estimate of drug-likeness (QED) is 0.612. The van der Waals surface area contributed by atoms with Crippen LogP contribution in [0.5, 0.6) is 0 Å². The molecule has 0 aliphatic heterocycles. The minimum absolute atomic E-state index is 0.130. The summed E-state index contributed by atoms with van der Waals surface area (Å²) in [7, 11) is 1.72. The van der Waals surface area contributed by atoms with Gasteiger partial charge in [0.05, 0.1) is 6.10 Å². The van der Waals surface area contributed by atoms with Crippen molar-refractivity contribution in [2.24, 2.45) is 11.7 Å².